The molecule has 2 amide bonds. The third kappa shape index (κ3) is 4.47. The lowest BCUT2D eigenvalue weighted by Gasteiger charge is -2.10. The number of hydrogen-bond acceptors (Lipinski definition) is 4. The molecule has 0 saturated heterocycles. The van der Waals surface area contributed by atoms with Crippen LogP contribution >= 0.6 is 27.5 Å². The number of nitrogens with zero attached hydrogens (tertiary/aromatic N) is 2. The van der Waals surface area contributed by atoms with Gasteiger partial charge in [0.2, 0.25) is 0 Å². The number of ether oxygens (including phenoxy) is 1. The minimum absolute atomic E-state index is 0.243. The number of carbonyl (C=O) groups is 2. The van der Waals surface area contributed by atoms with E-state index >= 15 is 0 Å². The van der Waals surface area contributed by atoms with E-state index in [0.717, 1.165) is 10.2 Å². The minimum atomic E-state index is -0.530. The lowest BCUT2D eigenvalue weighted by molar-refractivity contribution is 0.0845. The molecule has 7 nitrogen and oxygen atoms in total. The number of amides is 2. The fourth-order valence-electron chi connectivity index (χ4n) is 2.28. The van der Waals surface area contributed by atoms with E-state index in [1.807, 2.05) is 24.3 Å². The summed E-state index contributed by atoms with van der Waals surface area (Å²) in [6.07, 6.45) is 2.97. The van der Waals surface area contributed by atoms with Gasteiger partial charge in [-0.1, -0.05) is 27.5 Å². The lowest BCUT2D eigenvalue weighted by Crippen LogP contribution is -2.41. The van der Waals surface area contributed by atoms with E-state index in [4.69, 9.17) is 16.3 Å². The molecule has 0 aliphatic rings. The topological polar surface area (TPSA) is 85.2 Å². The van der Waals surface area contributed by atoms with Gasteiger partial charge in [-0.25, -0.2) is 4.68 Å². The Kier molecular flexibility index (Phi) is 5.78. The summed E-state index contributed by atoms with van der Waals surface area (Å²) in [5.74, 6) is -0.728. The van der Waals surface area contributed by atoms with Gasteiger partial charge in [-0.05, 0) is 42.5 Å². The van der Waals surface area contributed by atoms with Gasteiger partial charge in [0.05, 0.1) is 30.1 Å². The van der Waals surface area contributed by atoms with Gasteiger partial charge in [0.1, 0.15) is 5.75 Å². The largest absolute Gasteiger partial charge is 0.496 e. The summed E-state index contributed by atoms with van der Waals surface area (Å²) in [7, 11) is 1.43. The van der Waals surface area contributed by atoms with Crippen LogP contribution in [-0.2, 0) is 0 Å². The molecule has 0 radical (unpaired) electrons. The summed E-state index contributed by atoms with van der Waals surface area (Å²) >= 11 is 9.24. The Morgan fingerprint density at radius 3 is 2.52 bits per heavy atom. The fraction of sp³-hybridized carbons (Fsp3) is 0.0556. The Balaban J connectivity index is 1.66. The van der Waals surface area contributed by atoms with Crippen molar-refractivity contribution in [3.63, 3.8) is 0 Å². The van der Waals surface area contributed by atoms with E-state index < -0.39 is 11.8 Å². The molecular formula is C18H14BrClN4O3. The number of halogens is 2. The third-order valence-electron chi connectivity index (χ3n) is 3.63. The Bertz CT molecular complexity index is 989. The lowest BCUT2D eigenvalue weighted by atomic mass is 10.2. The minimum Gasteiger partial charge on any atom is -0.496 e. The smallest absolute Gasteiger partial charge is 0.273 e. The molecule has 1 aromatic heterocycles. The molecule has 0 atom stereocenters. The molecule has 3 aromatic rings. The number of hydrogen-bond donors (Lipinski definition) is 2. The van der Waals surface area contributed by atoms with Crippen LogP contribution in [0.15, 0.2) is 59.3 Å². The molecule has 9 heteroatoms. The Hall–Kier alpha value is -2.84. The van der Waals surface area contributed by atoms with E-state index in [0.29, 0.717) is 16.3 Å². The maximum atomic E-state index is 12.3. The van der Waals surface area contributed by atoms with E-state index in [1.54, 1.807) is 16.9 Å². The quantitative estimate of drug-likeness (QED) is 0.598. The highest BCUT2D eigenvalue weighted by Crippen LogP contribution is 2.22. The summed E-state index contributed by atoms with van der Waals surface area (Å²) in [5, 5.41) is 4.59. The SMILES string of the molecule is COc1cc(Cl)ccc1C(=O)NNC(=O)c1cnn(-c2ccc(Br)cc2)c1. The van der Waals surface area contributed by atoms with Crippen LogP contribution in [0.25, 0.3) is 5.69 Å². The molecule has 0 bridgehead atoms. The average molecular weight is 450 g/mol. The van der Waals surface area contributed by atoms with E-state index in [9.17, 15) is 9.59 Å². The zero-order valence-electron chi connectivity index (χ0n) is 14.1. The van der Waals surface area contributed by atoms with Gasteiger partial charge in [0, 0.05) is 15.7 Å². The fourth-order valence-corrected chi connectivity index (χ4v) is 2.71. The van der Waals surface area contributed by atoms with Crippen molar-refractivity contribution in [1.29, 1.82) is 0 Å². The predicted octanol–water partition coefficient (Wildman–Crippen LogP) is 3.37. The molecule has 0 spiro atoms. The summed E-state index contributed by atoms with van der Waals surface area (Å²) in [6, 6.07) is 12.0. The van der Waals surface area contributed by atoms with Gasteiger partial charge in [-0.15, -0.1) is 0 Å². The summed E-state index contributed by atoms with van der Waals surface area (Å²) in [5.41, 5.74) is 6.03. The number of hydrazine groups is 1. The van der Waals surface area contributed by atoms with Crippen LogP contribution < -0.4 is 15.6 Å². The van der Waals surface area contributed by atoms with Gasteiger partial charge >= 0.3 is 0 Å². The van der Waals surface area contributed by atoms with Gasteiger partial charge in [-0.2, -0.15) is 5.10 Å². The second-order valence-electron chi connectivity index (χ2n) is 5.40. The van der Waals surface area contributed by atoms with Crippen LogP contribution in [0, 0.1) is 0 Å². The van der Waals surface area contributed by atoms with Crippen LogP contribution in [0.5, 0.6) is 5.75 Å². The first-order valence-corrected chi connectivity index (χ1v) is 8.90. The monoisotopic (exact) mass is 448 g/mol. The van der Waals surface area contributed by atoms with Crippen LogP contribution in [0.3, 0.4) is 0 Å². The van der Waals surface area contributed by atoms with Crippen LogP contribution in [0.2, 0.25) is 5.02 Å². The van der Waals surface area contributed by atoms with Crippen molar-refractivity contribution in [1.82, 2.24) is 20.6 Å². The van der Waals surface area contributed by atoms with Crippen molar-refractivity contribution in [2.75, 3.05) is 7.11 Å². The normalized spacial score (nSPS) is 10.3. The van der Waals surface area contributed by atoms with Gasteiger partial charge in [0.15, 0.2) is 0 Å². The van der Waals surface area contributed by atoms with E-state index in [1.165, 1.54) is 25.4 Å². The zero-order valence-corrected chi connectivity index (χ0v) is 16.4. The van der Waals surface area contributed by atoms with Crippen LogP contribution in [0.1, 0.15) is 20.7 Å². The van der Waals surface area contributed by atoms with Crippen LogP contribution in [0.4, 0.5) is 0 Å². The first kappa shape index (κ1) is 18.9. The molecule has 0 saturated carbocycles. The second kappa shape index (κ2) is 8.24. The first-order chi connectivity index (χ1) is 13.0. The highest BCUT2D eigenvalue weighted by atomic mass is 79.9. The second-order valence-corrected chi connectivity index (χ2v) is 6.75. The molecular weight excluding hydrogens is 436 g/mol. The highest BCUT2D eigenvalue weighted by Gasteiger charge is 2.15. The summed E-state index contributed by atoms with van der Waals surface area (Å²) < 4.78 is 7.63. The highest BCUT2D eigenvalue weighted by molar-refractivity contribution is 9.10. The number of aromatic nitrogens is 2. The van der Waals surface area contributed by atoms with Crippen molar-refractivity contribution in [2.45, 2.75) is 0 Å². The van der Waals surface area contributed by atoms with Crippen molar-refractivity contribution in [2.24, 2.45) is 0 Å². The molecule has 0 aliphatic carbocycles. The maximum absolute atomic E-state index is 12.3. The van der Waals surface area contributed by atoms with E-state index in [2.05, 4.69) is 31.9 Å². The molecule has 0 aliphatic heterocycles. The molecule has 1 heterocycles. The van der Waals surface area contributed by atoms with Crippen LogP contribution in [-0.4, -0.2) is 28.7 Å². The summed E-state index contributed by atoms with van der Waals surface area (Å²) in [6.45, 7) is 0. The maximum Gasteiger partial charge on any atom is 0.273 e. The Morgan fingerprint density at radius 1 is 1.11 bits per heavy atom. The number of methoxy groups -OCH3 is 1. The van der Waals surface area contributed by atoms with Gasteiger partial charge < -0.3 is 4.74 Å². The van der Waals surface area contributed by atoms with Crippen molar-refractivity contribution in [3.05, 3.63) is 75.5 Å². The summed E-state index contributed by atoms with van der Waals surface area (Å²) in [4.78, 5) is 24.5. The van der Waals surface area contributed by atoms with Gasteiger partial charge in [-0.3, -0.25) is 20.4 Å². The molecule has 0 unspecified atom stereocenters. The molecule has 2 aromatic carbocycles. The first-order valence-electron chi connectivity index (χ1n) is 7.73. The predicted molar refractivity (Wildman–Crippen MR) is 104 cm³/mol. The Labute approximate surface area is 168 Å². The molecule has 3 rings (SSSR count). The number of carbonyl (C=O) groups excluding carboxylic acids is 2. The Morgan fingerprint density at radius 2 is 1.81 bits per heavy atom. The standard InChI is InChI=1S/C18H14BrClN4O3/c1-27-16-8-13(20)4-7-15(16)18(26)23-22-17(25)11-9-21-24(10-11)14-5-2-12(19)3-6-14/h2-10H,1H3,(H,22,25)(H,23,26). The van der Waals surface area contributed by atoms with Gasteiger partial charge in [0.25, 0.3) is 11.8 Å². The zero-order chi connectivity index (χ0) is 19.4. The number of rotatable bonds is 4. The van der Waals surface area contributed by atoms with Crippen molar-refractivity contribution >= 4 is 39.3 Å². The van der Waals surface area contributed by atoms with E-state index in [-0.39, 0.29) is 5.56 Å². The molecule has 138 valence electrons. The number of nitrogens with one attached hydrogen (secondary N) is 2. The molecule has 0 fully saturated rings. The van der Waals surface area contributed by atoms with Crippen molar-refractivity contribution < 1.29 is 14.3 Å². The molecule has 27 heavy (non-hydrogen) atoms. The average Bonchev–Trinajstić information content (AvgIpc) is 3.16. The third-order valence-corrected chi connectivity index (χ3v) is 4.40. The molecule has 2 N–H and O–H groups in total. The van der Waals surface area contributed by atoms with Crippen molar-refractivity contribution in [3.8, 4) is 11.4 Å². The number of benzene rings is 2.